The van der Waals surface area contributed by atoms with Crippen LogP contribution in [0.25, 0.3) is 0 Å². The fourth-order valence-electron chi connectivity index (χ4n) is 1.55. The number of amides is 1. The molecular formula is C14H11BrClFN2O2. The van der Waals surface area contributed by atoms with Crippen LogP contribution >= 0.6 is 27.5 Å². The number of carbonyl (C=O) groups is 1. The zero-order valence-electron chi connectivity index (χ0n) is 10.7. The Morgan fingerprint density at radius 1 is 1.33 bits per heavy atom. The molecule has 0 heterocycles. The Morgan fingerprint density at radius 2 is 2.00 bits per heavy atom. The van der Waals surface area contributed by atoms with Gasteiger partial charge in [0.15, 0.2) is 6.61 Å². The monoisotopic (exact) mass is 372 g/mol. The highest BCUT2D eigenvalue weighted by Crippen LogP contribution is 2.31. The molecule has 2 aromatic carbocycles. The summed E-state index contributed by atoms with van der Waals surface area (Å²) in [7, 11) is 0. The summed E-state index contributed by atoms with van der Waals surface area (Å²) < 4.78 is 18.7. The third kappa shape index (κ3) is 4.34. The van der Waals surface area contributed by atoms with Gasteiger partial charge in [-0.2, -0.15) is 0 Å². The quantitative estimate of drug-likeness (QED) is 0.800. The Kier molecular flexibility index (Phi) is 5.03. The first-order valence-electron chi connectivity index (χ1n) is 5.88. The number of benzene rings is 2. The molecule has 0 saturated heterocycles. The summed E-state index contributed by atoms with van der Waals surface area (Å²) in [6.45, 7) is -0.204. The maximum Gasteiger partial charge on any atom is 0.262 e. The average molecular weight is 374 g/mol. The fourth-order valence-corrected chi connectivity index (χ4v) is 2.45. The number of halogens is 3. The predicted molar refractivity (Wildman–Crippen MR) is 84.1 cm³/mol. The van der Waals surface area contributed by atoms with Crippen LogP contribution in [0.15, 0.2) is 40.9 Å². The van der Waals surface area contributed by atoms with E-state index in [1.165, 1.54) is 6.07 Å². The van der Waals surface area contributed by atoms with Crippen molar-refractivity contribution in [3.63, 3.8) is 0 Å². The third-order valence-corrected chi connectivity index (χ3v) is 3.44. The smallest absolute Gasteiger partial charge is 0.262 e. The molecule has 2 rings (SSSR count). The van der Waals surface area contributed by atoms with E-state index in [4.69, 9.17) is 22.1 Å². The van der Waals surface area contributed by atoms with Crippen LogP contribution in [0, 0.1) is 5.82 Å². The minimum absolute atomic E-state index is 0.0997. The normalized spacial score (nSPS) is 10.2. The first-order chi connectivity index (χ1) is 9.95. The van der Waals surface area contributed by atoms with E-state index in [0.29, 0.717) is 21.6 Å². The van der Waals surface area contributed by atoms with Gasteiger partial charge in [-0.05, 0) is 52.3 Å². The van der Waals surface area contributed by atoms with Gasteiger partial charge in [0.25, 0.3) is 5.91 Å². The number of nitrogens with one attached hydrogen (secondary N) is 1. The number of nitrogen functional groups attached to an aromatic ring is 1. The number of anilines is 2. The maximum atomic E-state index is 13.1. The van der Waals surface area contributed by atoms with Crippen molar-refractivity contribution in [3.05, 3.63) is 51.7 Å². The Labute approximate surface area is 134 Å². The summed E-state index contributed by atoms with van der Waals surface area (Å²) in [6.07, 6.45) is 0. The van der Waals surface area contributed by atoms with Crippen LogP contribution in [0.3, 0.4) is 0 Å². The molecule has 7 heteroatoms. The Bertz CT molecular complexity index is 642. The molecule has 2 aromatic rings. The second kappa shape index (κ2) is 6.78. The maximum absolute atomic E-state index is 13.1. The van der Waals surface area contributed by atoms with Gasteiger partial charge >= 0.3 is 0 Å². The number of carbonyl (C=O) groups excluding carboxylic acids is 1. The molecule has 0 bridgehead atoms. The Balaban J connectivity index is 1.97. The topological polar surface area (TPSA) is 64.3 Å². The van der Waals surface area contributed by atoms with Gasteiger partial charge in [-0.25, -0.2) is 4.39 Å². The minimum atomic E-state index is -0.497. The molecule has 1 amide bonds. The molecule has 0 aromatic heterocycles. The van der Waals surface area contributed by atoms with Crippen LogP contribution in [-0.2, 0) is 4.79 Å². The third-order valence-electron chi connectivity index (χ3n) is 2.52. The van der Waals surface area contributed by atoms with Gasteiger partial charge in [-0.3, -0.25) is 4.79 Å². The van der Waals surface area contributed by atoms with Gasteiger partial charge in [-0.1, -0.05) is 11.6 Å². The summed E-state index contributed by atoms with van der Waals surface area (Å²) in [5.41, 5.74) is 6.45. The van der Waals surface area contributed by atoms with Crippen molar-refractivity contribution in [3.8, 4) is 5.75 Å². The van der Waals surface area contributed by atoms with Gasteiger partial charge in [0.05, 0.1) is 10.7 Å². The van der Waals surface area contributed by atoms with E-state index >= 15 is 0 Å². The molecule has 0 fully saturated rings. The van der Waals surface area contributed by atoms with Crippen LogP contribution in [0.5, 0.6) is 5.75 Å². The van der Waals surface area contributed by atoms with Crippen molar-refractivity contribution in [2.45, 2.75) is 0 Å². The van der Waals surface area contributed by atoms with Crippen molar-refractivity contribution in [2.24, 2.45) is 0 Å². The minimum Gasteiger partial charge on any atom is -0.484 e. The van der Waals surface area contributed by atoms with Crippen LogP contribution in [0.2, 0.25) is 5.02 Å². The van der Waals surface area contributed by atoms with Gasteiger partial charge in [0.2, 0.25) is 0 Å². The summed E-state index contributed by atoms with van der Waals surface area (Å²) in [4.78, 5) is 11.8. The molecule has 4 nitrogen and oxygen atoms in total. The van der Waals surface area contributed by atoms with E-state index in [9.17, 15) is 9.18 Å². The van der Waals surface area contributed by atoms with Crippen molar-refractivity contribution >= 4 is 44.8 Å². The SMILES string of the molecule is Nc1ccc(OCC(=O)Nc2c(Cl)cc(F)cc2Br)cc1. The summed E-state index contributed by atoms with van der Waals surface area (Å²) >= 11 is 9.01. The largest absolute Gasteiger partial charge is 0.484 e. The van der Waals surface area contributed by atoms with E-state index in [1.54, 1.807) is 24.3 Å². The second-order valence-corrected chi connectivity index (χ2v) is 5.41. The highest BCUT2D eigenvalue weighted by molar-refractivity contribution is 9.10. The van der Waals surface area contributed by atoms with Gasteiger partial charge in [0.1, 0.15) is 11.6 Å². The summed E-state index contributed by atoms with van der Waals surface area (Å²) in [6, 6.07) is 8.97. The fraction of sp³-hybridized carbons (Fsp3) is 0.0714. The molecule has 0 atom stereocenters. The van der Waals surface area contributed by atoms with Crippen LogP contribution < -0.4 is 15.8 Å². The number of nitrogens with two attached hydrogens (primary N) is 1. The van der Waals surface area contributed by atoms with Gasteiger partial charge < -0.3 is 15.8 Å². The van der Waals surface area contributed by atoms with Crippen molar-refractivity contribution in [2.75, 3.05) is 17.7 Å². The molecule has 0 radical (unpaired) electrons. The van der Waals surface area contributed by atoms with Crippen molar-refractivity contribution in [1.29, 1.82) is 0 Å². The van der Waals surface area contributed by atoms with Crippen molar-refractivity contribution in [1.82, 2.24) is 0 Å². The molecule has 0 saturated carbocycles. The molecule has 0 unspecified atom stereocenters. The molecule has 21 heavy (non-hydrogen) atoms. The predicted octanol–water partition coefficient (Wildman–Crippen LogP) is 3.84. The first kappa shape index (κ1) is 15.6. The second-order valence-electron chi connectivity index (χ2n) is 4.15. The zero-order chi connectivity index (χ0) is 15.4. The number of ether oxygens (including phenoxy) is 1. The highest BCUT2D eigenvalue weighted by Gasteiger charge is 2.12. The molecule has 110 valence electrons. The summed E-state index contributed by atoms with van der Waals surface area (Å²) in [5.74, 6) is -0.396. The lowest BCUT2D eigenvalue weighted by atomic mass is 10.3. The number of hydrogen-bond donors (Lipinski definition) is 2. The van der Waals surface area contributed by atoms with E-state index < -0.39 is 11.7 Å². The van der Waals surface area contributed by atoms with Crippen LogP contribution in [0.1, 0.15) is 0 Å². The number of hydrogen-bond acceptors (Lipinski definition) is 3. The molecule has 3 N–H and O–H groups in total. The van der Waals surface area contributed by atoms with E-state index in [1.807, 2.05) is 0 Å². The van der Waals surface area contributed by atoms with Crippen molar-refractivity contribution < 1.29 is 13.9 Å². The van der Waals surface area contributed by atoms with Gasteiger partial charge in [0, 0.05) is 10.2 Å². The molecule has 0 aliphatic heterocycles. The van der Waals surface area contributed by atoms with E-state index in [2.05, 4.69) is 21.2 Å². The standard InChI is InChI=1S/C14H11BrClFN2O2/c15-11-5-8(17)6-12(16)14(11)19-13(20)7-21-10-3-1-9(18)2-4-10/h1-6H,7,18H2,(H,19,20). The van der Waals surface area contributed by atoms with E-state index in [-0.39, 0.29) is 11.6 Å². The Morgan fingerprint density at radius 3 is 2.62 bits per heavy atom. The lowest BCUT2D eigenvalue weighted by Crippen LogP contribution is -2.20. The lowest BCUT2D eigenvalue weighted by Gasteiger charge is -2.10. The Hall–Kier alpha value is -1.79. The highest BCUT2D eigenvalue weighted by atomic mass is 79.9. The van der Waals surface area contributed by atoms with Crippen LogP contribution in [-0.4, -0.2) is 12.5 Å². The summed E-state index contributed by atoms with van der Waals surface area (Å²) in [5, 5.41) is 2.65. The average Bonchev–Trinajstić information content (AvgIpc) is 2.42. The van der Waals surface area contributed by atoms with Gasteiger partial charge in [-0.15, -0.1) is 0 Å². The molecule has 0 spiro atoms. The molecule has 0 aliphatic rings. The van der Waals surface area contributed by atoms with Crippen LogP contribution in [0.4, 0.5) is 15.8 Å². The van der Waals surface area contributed by atoms with E-state index in [0.717, 1.165) is 6.07 Å². The molecular weight excluding hydrogens is 363 g/mol. The molecule has 0 aliphatic carbocycles. The number of rotatable bonds is 4. The zero-order valence-corrected chi connectivity index (χ0v) is 13.0. The first-order valence-corrected chi connectivity index (χ1v) is 7.05. The lowest BCUT2D eigenvalue weighted by molar-refractivity contribution is -0.118.